The van der Waals surface area contributed by atoms with E-state index in [4.69, 9.17) is 5.73 Å². The predicted octanol–water partition coefficient (Wildman–Crippen LogP) is 2.58. The fourth-order valence-electron chi connectivity index (χ4n) is 2.35. The Kier molecular flexibility index (Phi) is 5.49. The molecule has 1 aromatic carbocycles. The second-order valence-corrected chi connectivity index (χ2v) is 5.50. The molecule has 1 atom stereocenters. The lowest BCUT2D eigenvalue weighted by molar-refractivity contribution is 0.112. The van der Waals surface area contributed by atoms with Gasteiger partial charge in [0.2, 0.25) is 0 Å². The molecular weight excluding hydrogens is 276 g/mol. The minimum atomic E-state index is 0.0199. The molecule has 2 rings (SSSR count). The molecule has 3 N–H and O–H groups in total. The number of rotatable bonds is 7. The van der Waals surface area contributed by atoms with E-state index in [-0.39, 0.29) is 6.04 Å². The Bertz CT molecular complexity index is 628. The second kappa shape index (κ2) is 7.56. The molecule has 0 spiro atoms. The smallest absolute Gasteiger partial charge is 0.152 e. The minimum absolute atomic E-state index is 0.0199. The third-order valence-corrected chi connectivity index (χ3v) is 3.55. The summed E-state index contributed by atoms with van der Waals surface area (Å²) in [5.74, 6) is 0. The normalized spacial score (nSPS) is 12.1. The molecule has 0 fully saturated rings. The van der Waals surface area contributed by atoms with Gasteiger partial charge in [0.15, 0.2) is 6.29 Å². The fourth-order valence-corrected chi connectivity index (χ4v) is 2.35. The number of pyridine rings is 1. The third kappa shape index (κ3) is 4.05. The second-order valence-electron chi connectivity index (χ2n) is 5.50. The Morgan fingerprint density at radius 1 is 1.32 bits per heavy atom. The molecule has 0 bridgehead atoms. The zero-order chi connectivity index (χ0) is 15.9. The Morgan fingerprint density at radius 3 is 2.77 bits per heavy atom. The van der Waals surface area contributed by atoms with Crippen LogP contribution in [0.2, 0.25) is 0 Å². The number of hydrogen-bond donors (Lipinski definition) is 2. The number of aldehydes is 1. The largest absolute Gasteiger partial charge is 0.397 e. The summed E-state index contributed by atoms with van der Waals surface area (Å²) in [6, 6.07) is 9.41. The van der Waals surface area contributed by atoms with E-state index in [9.17, 15) is 4.79 Å². The van der Waals surface area contributed by atoms with Gasteiger partial charge in [-0.3, -0.25) is 9.78 Å². The number of carbonyl (C=O) groups excluding carboxylic acids is 1. The number of benzene rings is 1. The van der Waals surface area contributed by atoms with Crippen molar-refractivity contribution >= 4 is 17.7 Å². The zero-order valence-electron chi connectivity index (χ0n) is 13.0. The summed E-state index contributed by atoms with van der Waals surface area (Å²) >= 11 is 0. The first kappa shape index (κ1) is 16.0. The Morgan fingerprint density at radius 2 is 2.09 bits per heavy atom. The monoisotopic (exact) mass is 298 g/mol. The van der Waals surface area contributed by atoms with Crippen molar-refractivity contribution in [3.63, 3.8) is 0 Å². The third-order valence-electron chi connectivity index (χ3n) is 3.55. The van der Waals surface area contributed by atoms with Gasteiger partial charge < -0.3 is 16.0 Å². The molecule has 0 aliphatic carbocycles. The van der Waals surface area contributed by atoms with Crippen LogP contribution in [-0.4, -0.2) is 36.8 Å². The zero-order valence-corrected chi connectivity index (χ0v) is 13.0. The Hall–Kier alpha value is -2.40. The summed E-state index contributed by atoms with van der Waals surface area (Å²) in [5, 5.41) is 3.45. The van der Waals surface area contributed by atoms with Gasteiger partial charge in [-0.2, -0.15) is 0 Å². The van der Waals surface area contributed by atoms with Gasteiger partial charge in [0.1, 0.15) is 0 Å². The lowest BCUT2D eigenvalue weighted by Gasteiger charge is -2.24. The molecule has 5 heteroatoms. The van der Waals surface area contributed by atoms with Crippen molar-refractivity contribution in [1.82, 2.24) is 9.88 Å². The molecule has 2 aromatic rings. The average Bonchev–Trinajstić information content (AvgIpc) is 2.52. The predicted molar refractivity (Wildman–Crippen MR) is 90.0 cm³/mol. The first-order chi connectivity index (χ1) is 10.6. The van der Waals surface area contributed by atoms with Crippen LogP contribution in [0.25, 0.3) is 0 Å². The highest BCUT2D eigenvalue weighted by atomic mass is 16.1. The number of carbonyl (C=O) groups is 1. The number of hydrogen-bond acceptors (Lipinski definition) is 5. The summed E-state index contributed by atoms with van der Waals surface area (Å²) in [4.78, 5) is 17.4. The maximum Gasteiger partial charge on any atom is 0.152 e. The molecule has 22 heavy (non-hydrogen) atoms. The number of anilines is 2. The Labute approximate surface area is 131 Å². The van der Waals surface area contributed by atoms with Crippen molar-refractivity contribution in [2.24, 2.45) is 0 Å². The number of nitrogens with two attached hydrogens (primary N) is 1. The van der Waals surface area contributed by atoms with Crippen LogP contribution in [0.15, 0.2) is 42.7 Å². The number of para-hydroxylation sites is 1. The topological polar surface area (TPSA) is 71.2 Å². The molecule has 0 aliphatic rings. The fraction of sp³-hybridized carbons (Fsp3) is 0.294. The molecule has 116 valence electrons. The van der Waals surface area contributed by atoms with E-state index in [0.717, 1.165) is 30.5 Å². The van der Waals surface area contributed by atoms with Crippen molar-refractivity contribution in [1.29, 1.82) is 0 Å². The number of nitrogens with zero attached hydrogens (tertiary/aromatic N) is 2. The maximum atomic E-state index is 11.2. The lowest BCUT2D eigenvalue weighted by Crippen LogP contribution is -2.21. The van der Waals surface area contributed by atoms with Gasteiger partial charge >= 0.3 is 0 Å². The molecule has 0 radical (unpaired) electrons. The van der Waals surface area contributed by atoms with Crippen molar-refractivity contribution < 1.29 is 4.79 Å². The van der Waals surface area contributed by atoms with Gasteiger partial charge in [0, 0.05) is 23.0 Å². The molecule has 0 saturated carbocycles. The standard InChI is InChI=1S/C17H22N4O/c1-21(2)10-8-17(14-7-9-19-11-15(14)18)20-16-6-4-3-5-13(16)12-22/h3-7,9,11-12,17,20H,8,10,18H2,1-2H3. The summed E-state index contributed by atoms with van der Waals surface area (Å²) in [6.07, 6.45) is 5.13. The highest BCUT2D eigenvalue weighted by molar-refractivity contribution is 5.84. The van der Waals surface area contributed by atoms with E-state index in [1.165, 1.54) is 0 Å². The first-order valence-corrected chi connectivity index (χ1v) is 7.26. The van der Waals surface area contributed by atoms with E-state index < -0.39 is 0 Å². The van der Waals surface area contributed by atoms with E-state index in [0.29, 0.717) is 11.3 Å². The highest BCUT2D eigenvalue weighted by Gasteiger charge is 2.16. The van der Waals surface area contributed by atoms with Crippen LogP contribution in [-0.2, 0) is 0 Å². The summed E-state index contributed by atoms with van der Waals surface area (Å²) < 4.78 is 0. The van der Waals surface area contributed by atoms with Crippen LogP contribution >= 0.6 is 0 Å². The van der Waals surface area contributed by atoms with Gasteiger partial charge in [-0.15, -0.1) is 0 Å². The molecule has 1 aromatic heterocycles. The van der Waals surface area contributed by atoms with E-state index in [1.807, 2.05) is 38.4 Å². The Balaban J connectivity index is 2.28. The average molecular weight is 298 g/mol. The van der Waals surface area contributed by atoms with E-state index in [1.54, 1.807) is 18.5 Å². The van der Waals surface area contributed by atoms with E-state index in [2.05, 4.69) is 15.2 Å². The molecule has 1 heterocycles. The van der Waals surface area contributed by atoms with Crippen LogP contribution in [0.3, 0.4) is 0 Å². The van der Waals surface area contributed by atoms with Gasteiger partial charge in [-0.05, 0) is 45.3 Å². The maximum absolute atomic E-state index is 11.2. The van der Waals surface area contributed by atoms with Gasteiger partial charge in [0.05, 0.1) is 17.9 Å². The minimum Gasteiger partial charge on any atom is -0.397 e. The van der Waals surface area contributed by atoms with Gasteiger partial charge in [0.25, 0.3) is 0 Å². The van der Waals surface area contributed by atoms with Gasteiger partial charge in [-0.25, -0.2) is 0 Å². The van der Waals surface area contributed by atoms with Crippen LogP contribution in [0.1, 0.15) is 28.4 Å². The number of nitrogens with one attached hydrogen (secondary N) is 1. The number of nitrogen functional groups attached to an aromatic ring is 1. The SMILES string of the molecule is CN(C)CCC(Nc1ccccc1C=O)c1ccncc1N. The van der Waals surface area contributed by atoms with Crippen molar-refractivity contribution in [3.8, 4) is 0 Å². The molecule has 0 aliphatic heterocycles. The summed E-state index contributed by atoms with van der Waals surface area (Å²) in [5.41, 5.74) is 9.18. The summed E-state index contributed by atoms with van der Waals surface area (Å²) in [6.45, 7) is 0.905. The molecule has 1 unspecified atom stereocenters. The van der Waals surface area contributed by atoms with Crippen molar-refractivity contribution in [2.75, 3.05) is 31.7 Å². The van der Waals surface area contributed by atoms with Crippen LogP contribution in [0.4, 0.5) is 11.4 Å². The summed E-state index contributed by atoms with van der Waals surface area (Å²) in [7, 11) is 4.07. The van der Waals surface area contributed by atoms with Crippen LogP contribution in [0, 0.1) is 0 Å². The van der Waals surface area contributed by atoms with Crippen molar-refractivity contribution in [3.05, 3.63) is 53.9 Å². The first-order valence-electron chi connectivity index (χ1n) is 7.26. The lowest BCUT2D eigenvalue weighted by atomic mass is 10.0. The molecule has 0 amide bonds. The quantitative estimate of drug-likeness (QED) is 0.769. The van der Waals surface area contributed by atoms with Crippen molar-refractivity contribution in [2.45, 2.75) is 12.5 Å². The van der Waals surface area contributed by atoms with Gasteiger partial charge in [-0.1, -0.05) is 12.1 Å². The van der Waals surface area contributed by atoms with E-state index >= 15 is 0 Å². The molecule has 5 nitrogen and oxygen atoms in total. The van der Waals surface area contributed by atoms with Crippen LogP contribution in [0.5, 0.6) is 0 Å². The molecule has 0 saturated heterocycles. The molecular formula is C17H22N4O. The number of aromatic nitrogens is 1. The highest BCUT2D eigenvalue weighted by Crippen LogP contribution is 2.27. The van der Waals surface area contributed by atoms with Crippen LogP contribution < -0.4 is 11.1 Å².